The van der Waals surface area contributed by atoms with Crippen molar-refractivity contribution in [1.82, 2.24) is 10.2 Å². The maximum Gasteiger partial charge on any atom is 0.323 e. The summed E-state index contributed by atoms with van der Waals surface area (Å²) in [4.78, 5) is 14.5. The third-order valence-corrected chi connectivity index (χ3v) is 4.72. The van der Waals surface area contributed by atoms with Crippen LogP contribution in [-0.2, 0) is 9.53 Å². The summed E-state index contributed by atoms with van der Waals surface area (Å²) in [5.74, 6) is 0.199. The van der Waals surface area contributed by atoms with Gasteiger partial charge in [0.15, 0.2) is 0 Å². The van der Waals surface area contributed by atoms with Crippen molar-refractivity contribution in [2.45, 2.75) is 70.6 Å². The molecule has 2 rings (SSSR count). The summed E-state index contributed by atoms with van der Waals surface area (Å²) in [5.41, 5.74) is 0. The van der Waals surface area contributed by atoms with E-state index >= 15 is 0 Å². The zero-order valence-corrected chi connectivity index (χ0v) is 12.7. The van der Waals surface area contributed by atoms with E-state index in [1.165, 1.54) is 20.0 Å². The van der Waals surface area contributed by atoms with Crippen LogP contribution in [0.2, 0.25) is 0 Å². The second kappa shape index (κ2) is 6.23. The minimum atomic E-state index is -0.161. The van der Waals surface area contributed by atoms with E-state index in [1.807, 2.05) is 0 Å². The number of nitrogens with one attached hydrogen (secondary N) is 1. The Hall–Kier alpha value is -0.610. The van der Waals surface area contributed by atoms with Crippen LogP contribution in [0.5, 0.6) is 0 Å². The van der Waals surface area contributed by atoms with E-state index in [4.69, 9.17) is 4.74 Å². The summed E-state index contributed by atoms with van der Waals surface area (Å²) < 4.78 is 4.94. The number of likely N-dealkylation sites (tertiary alicyclic amines) is 1. The van der Waals surface area contributed by atoms with Crippen LogP contribution in [0.25, 0.3) is 0 Å². The number of methoxy groups -OCH3 is 1. The molecule has 0 amide bonds. The first kappa shape index (κ1) is 14.8. The Kier molecular flexibility index (Phi) is 4.85. The van der Waals surface area contributed by atoms with Crippen molar-refractivity contribution in [2.24, 2.45) is 5.92 Å². The average Bonchev–Trinajstić information content (AvgIpc) is 3.18. The van der Waals surface area contributed by atoms with E-state index in [2.05, 4.69) is 31.0 Å². The third-order valence-electron chi connectivity index (χ3n) is 4.72. The van der Waals surface area contributed by atoms with E-state index < -0.39 is 0 Å². The zero-order chi connectivity index (χ0) is 14.0. The Balaban J connectivity index is 1.92. The van der Waals surface area contributed by atoms with E-state index in [0.717, 1.165) is 25.4 Å². The monoisotopic (exact) mass is 268 g/mol. The Labute approximate surface area is 116 Å². The van der Waals surface area contributed by atoms with Crippen LogP contribution in [0.3, 0.4) is 0 Å². The van der Waals surface area contributed by atoms with Crippen LogP contribution in [0, 0.1) is 5.92 Å². The van der Waals surface area contributed by atoms with Gasteiger partial charge in [-0.2, -0.15) is 0 Å². The zero-order valence-electron chi connectivity index (χ0n) is 12.7. The number of ether oxygens (including phenoxy) is 1. The molecule has 4 heteroatoms. The summed E-state index contributed by atoms with van der Waals surface area (Å²) >= 11 is 0. The minimum Gasteiger partial charge on any atom is -0.468 e. The van der Waals surface area contributed by atoms with Crippen molar-refractivity contribution in [2.75, 3.05) is 13.7 Å². The molecule has 0 spiro atoms. The molecule has 1 heterocycles. The summed E-state index contributed by atoms with van der Waals surface area (Å²) in [6, 6.07) is 1.71. The maximum absolute atomic E-state index is 11.9. The molecule has 4 nitrogen and oxygen atoms in total. The predicted molar refractivity (Wildman–Crippen MR) is 76.0 cm³/mol. The second-order valence-electron chi connectivity index (χ2n) is 6.26. The number of rotatable bonds is 6. The van der Waals surface area contributed by atoms with Crippen LogP contribution in [-0.4, -0.2) is 48.7 Å². The van der Waals surface area contributed by atoms with E-state index in [1.54, 1.807) is 0 Å². The molecule has 0 bridgehead atoms. The fourth-order valence-electron chi connectivity index (χ4n) is 3.17. The molecule has 2 aliphatic rings. The van der Waals surface area contributed by atoms with Gasteiger partial charge in [0.05, 0.1) is 7.11 Å². The van der Waals surface area contributed by atoms with Crippen molar-refractivity contribution in [1.29, 1.82) is 0 Å². The first-order valence-corrected chi connectivity index (χ1v) is 7.66. The number of hydrogen-bond donors (Lipinski definition) is 1. The van der Waals surface area contributed by atoms with Gasteiger partial charge in [-0.3, -0.25) is 9.69 Å². The van der Waals surface area contributed by atoms with Crippen LogP contribution in [0.15, 0.2) is 0 Å². The van der Waals surface area contributed by atoms with Gasteiger partial charge in [0.2, 0.25) is 0 Å². The Bertz CT molecular complexity index is 317. The highest BCUT2D eigenvalue weighted by Gasteiger charge is 2.40. The van der Waals surface area contributed by atoms with Gasteiger partial charge in [0.1, 0.15) is 6.04 Å². The SMILES string of the molecule is CCC(C)C(NC1CC(C)N(C2CC2)C1)C(=O)OC. The van der Waals surface area contributed by atoms with Gasteiger partial charge in [-0.05, 0) is 32.1 Å². The summed E-state index contributed by atoms with van der Waals surface area (Å²) in [6.07, 6.45) is 4.83. The van der Waals surface area contributed by atoms with E-state index in [0.29, 0.717) is 18.0 Å². The molecule has 110 valence electrons. The molecule has 19 heavy (non-hydrogen) atoms. The number of carbonyl (C=O) groups excluding carboxylic acids is 1. The molecule has 0 radical (unpaired) electrons. The topological polar surface area (TPSA) is 41.6 Å². The van der Waals surface area contributed by atoms with Crippen molar-refractivity contribution in [3.05, 3.63) is 0 Å². The number of carbonyl (C=O) groups is 1. The summed E-state index contributed by atoms with van der Waals surface area (Å²) in [5, 5.41) is 3.54. The van der Waals surface area contributed by atoms with Crippen molar-refractivity contribution in [3.8, 4) is 0 Å². The highest BCUT2D eigenvalue weighted by atomic mass is 16.5. The van der Waals surface area contributed by atoms with Crippen molar-refractivity contribution in [3.63, 3.8) is 0 Å². The molecule has 1 aliphatic heterocycles. The molecule has 4 unspecified atom stereocenters. The molecule has 1 saturated carbocycles. The van der Waals surface area contributed by atoms with E-state index in [9.17, 15) is 4.79 Å². The lowest BCUT2D eigenvalue weighted by Crippen LogP contribution is -2.48. The molecular weight excluding hydrogens is 240 g/mol. The Morgan fingerprint density at radius 3 is 2.68 bits per heavy atom. The van der Waals surface area contributed by atoms with Crippen LogP contribution >= 0.6 is 0 Å². The lowest BCUT2D eigenvalue weighted by atomic mass is 9.98. The largest absolute Gasteiger partial charge is 0.468 e. The standard InChI is InChI=1S/C15H28N2O2/c1-5-10(2)14(15(18)19-4)16-12-8-11(3)17(9-12)13-6-7-13/h10-14,16H,5-9H2,1-4H3. The lowest BCUT2D eigenvalue weighted by Gasteiger charge is -2.25. The normalized spacial score (nSPS) is 31.2. The molecule has 0 aromatic rings. The fraction of sp³-hybridized carbons (Fsp3) is 0.933. The highest BCUT2D eigenvalue weighted by molar-refractivity contribution is 5.76. The molecule has 4 atom stereocenters. The van der Waals surface area contributed by atoms with Gasteiger partial charge >= 0.3 is 5.97 Å². The second-order valence-corrected chi connectivity index (χ2v) is 6.26. The van der Waals surface area contributed by atoms with Crippen molar-refractivity contribution >= 4 is 5.97 Å². The summed E-state index contributed by atoms with van der Waals surface area (Å²) in [6.45, 7) is 7.62. The Morgan fingerprint density at radius 2 is 2.16 bits per heavy atom. The maximum atomic E-state index is 11.9. The average molecular weight is 268 g/mol. The number of nitrogens with zero attached hydrogens (tertiary/aromatic N) is 1. The smallest absolute Gasteiger partial charge is 0.323 e. The van der Waals surface area contributed by atoms with Crippen molar-refractivity contribution < 1.29 is 9.53 Å². The molecule has 0 aromatic heterocycles. The molecule has 2 fully saturated rings. The highest BCUT2D eigenvalue weighted by Crippen LogP contribution is 2.33. The predicted octanol–water partition coefficient (Wildman–Crippen LogP) is 1.79. The Morgan fingerprint density at radius 1 is 1.47 bits per heavy atom. The molecule has 0 aromatic carbocycles. The van der Waals surface area contributed by atoms with Gasteiger partial charge in [-0.25, -0.2) is 0 Å². The first-order valence-electron chi connectivity index (χ1n) is 7.66. The molecule has 1 aliphatic carbocycles. The van der Waals surface area contributed by atoms with Crippen LogP contribution in [0.4, 0.5) is 0 Å². The van der Waals surface area contributed by atoms with Gasteiger partial charge < -0.3 is 10.1 Å². The van der Waals surface area contributed by atoms with Gasteiger partial charge in [0.25, 0.3) is 0 Å². The lowest BCUT2D eigenvalue weighted by molar-refractivity contribution is -0.144. The van der Waals surface area contributed by atoms with E-state index in [-0.39, 0.29) is 12.0 Å². The quantitative estimate of drug-likeness (QED) is 0.746. The molecule has 1 N–H and O–H groups in total. The minimum absolute atomic E-state index is 0.119. The van der Waals surface area contributed by atoms with Crippen LogP contribution in [0.1, 0.15) is 46.5 Å². The molecular formula is C15H28N2O2. The van der Waals surface area contributed by atoms with Gasteiger partial charge in [-0.1, -0.05) is 20.3 Å². The third kappa shape index (κ3) is 3.48. The summed E-state index contributed by atoms with van der Waals surface area (Å²) in [7, 11) is 1.48. The first-order chi connectivity index (χ1) is 9.06. The number of hydrogen-bond acceptors (Lipinski definition) is 4. The van der Waals surface area contributed by atoms with Crippen LogP contribution < -0.4 is 5.32 Å². The molecule has 1 saturated heterocycles. The fourth-order valence-corrected chi connectivity index (χ4v) is 3.17. The number of esters is 1. The van der Waals surface area contributed by atoms with Gasteiger partial charge in [-0.15, -0.1) is 0 Å². The van der Waals surface area contributed by atoms with Gasteiger partial charge in [0, 0.05) is 24.7 Å².